The van der Waals surface area contributed by atoms with Gasteiger partial charge in [-0.15, -0.1) is 11.3 Å². The number of hydrogen-bond donors (Lipinski definition) is 1. The number of rotatable bonds is 2. The van der Waals surface area contributed by atoms with Gasteiger partial charge in [0, 0.05) is 36.4 Å². The van der Waals surface area contributed by atoms with Crippen LogP contribution in [0.25, 0.3) is 0 Å². The number of nitrogens with zero attached hydrogens (tertiary/aromatic N) is 2. The SMILES string of the molecule is Nc1ccnc(CN2CCc3sccc3C2)c1. The zero-order valence-electron chi connectivity index (χ0n) is 9.60. The van der Waals surface area contributed by atoms with Crippen molar-refractivity contribution in [2.24, 2.45) is 0 Å². The van der Waals surface area contributed by atoms with Crippen molar-refractivity contribution in [3.05, 3.63) is 45.9 Å². The van der Waals surface area contributed by atoms with Crippen LogP contribution >= 0.6 is 11.3 Å². The molecular formula is C13H15N3S. The lowest BCUT2D eigenvalue weighted by Crippen LogP contribution is -2.29. The monoisotopic (exact) mass is 245 g/mol. The van der Waals surface area contributed by atoms with Gasteiger partial charge in [0.15, 0.2) is 0 Å². The van der Waals surface area contributed by atoms with Gasteiger partial charge in [-0.1, -0.05) is 0 Å². The van der Waals surface area contributed by atoms with Gasteiger partial charge in [-0.25, -0.2) is 0 Å². The zero-order chi connectivity index (χ0) is 11.7. The van der Waals surface area contributed by atoms with Gasteiger partial charge in [-0.05, 0) is 35.6 Å². The van der Waals surface area contributed by atoms with Crippen LogP contribution in [0.15, 0.2) is 29.8 Å². The fraction of sp³-hybridized carbons (Fsp3) is 0.308. The second kappa shape index (κ2) is 4.47. The van der Waals surface area contributed by atoms with E-state index in [-0.39, 0.29) is 0 Å². The third-order valence-electron chi connectivity index (χ3n) is 3.11. The van der Waals surface area contributed by atoms with Crippen LogP contribution in [0.3, 0.4) is 0 Å². The summed E-state index contributed by atoms with van der Waals surface area (Å²) in [6.07, 6.45) is 2.94. The summed E-state index contributed by atoms with van der Waals surface area (Å²) < 4.78 is 0. The molecule has 3 nitrogen and oxygen atoms in total. The van der Waals surface area contributed by atoms with E-state index >= 15 is 0 Å². The highest BCUT2D eigenvalue weighted by Crippen LogP contribution is 2.24. The molecule has 0 spiro atoms. The smallest absolute Gasteiger partial charge is 0.0564 e. The Bertz CT molecular complexity index is 521. The summed E-state index contributed by atoms with van der Waals surface area (Å²) in [4.78, 5) is 8.33. The Labute approximate surface area is 105 Å². The predicted molar refractivity (Wildman–Crippen MR) is 70.8 cm³/mol. The van der Waals surface area contributed by atoms with Crippen molar-refractivity contribution < 1.29 is 0 Å². The Morgan fingerprint density at radius 1 is 1.41 bits per heavy atom. The maximum Gasteiger partial charge on any atom is 0.0564 e. The van der Waals surface area contributed by atoms with E-state index < -0.39 is 0 Å². The molecular weight excluding hydrogens is 230 g/mol. The van der Waals surface area contributed by atoms with E-state index in [1.54, 1.807) is 11.1 Å². The highest BCUT2D eigenvalue weighted by molar-refractivity contribution is 7.10. The molecule has 0 unspecified atom stereocenters. The van der Waals surface area contributed by atoms with E-state index in [0.29, 0.717) is 0 Å². The normalized spacial score (nSPS) is 15.8. The molecule has 2 aromatic heterocycles. The fourth-order valence-corrected chi connectivity index (χ4v) is 3.14. The molecule has 88 valence electrons. The molecule has 4 heteroatoms. The quantitative estimate of drug-likeness (QED) is 0.882. The summed E-state index contributed by atoms with van der Waals surface area (Å²) in [5.41, 5.74) is 9.10. The molecule has 1 aliphatic rings. The molecule has 0 aliphatic carbocycles. The van der Waals surface area contributed by atoms with E-state index in [0.717, 1.165) is 37.4 Å². The van der Waals surface area contributed by atoms with Crippen molar-refractivity contribution in [3.8, 4) is 0 Å². The Hall–Kier alpha value is -1.39. The molecule has 17 heavy (non-hydrogen) atoms. The number of pyridine rings is 1. The van der Waals surface area contributed by atoms with Gasteiger partial charge >= 0.3 is 0 Å². The van der Waals surface area contributed by atoms with Crippen molar-refractivity contribution in [1.82, 2.24) is 9.88 Å². The summed E-state index contributed by atoms with van der Waals surface area (Å²) in [6.45, 7) is 3.04. The van der Waals surface area contributed by atoms with E-state index in [9.17, 15) is 0 Å². The Morgan fingerprint density at radius 3 is 3.24 bits per heavy atom. The first kappa shape index (κ1) is 10.7. The van der Waals surface area contributed by atoms with Gasteiger partial charge in [-0.3, -0.25) is 9.88 Å². The van der Waals surface area contributed by atoms with Crippen LogP contribution in [0.4, 0.5) is 5.69 Å². The number of hydrogen-bond acceptors (Lipinski definition) is 4. The lowest BCUT2D eigenvalue weighted by atomic mass is 10.1. The van der Waals surface area contributed by atoms with Gasteiger partial charge in [-0.2, -0.15) is 0 Å². The number of fused-ring (bicyclic) bond motifs is 1. The molecule has 0 atom stereocenters. The van der Waals surface area contributed by atoms with E-state index in [2.05, 4.69) is 21.3 Å². The van der Waals surface area contributed by atoms with Gasteiger partial charge in [0.1, 0.15) is 0 Å². The molecule has 0 saturated heterocycles. The third kappa shape index (κ3) is 2.33. The number of thiophene rings is 1. The fourth-order valence-electron chi connectivity index (χ4n) is 2.25. The number of nitrogens with two attached hydrogens (primary N) is 1. The molecule has 0 bridgehead atoms. The third-order valence-corrected chi connectivity index (χ3v) is 4.14. The van der Waals surface area contributed by atoms with Crippen molar-refractivity contribution in [1.29, 1.82) is 0 Å². The molecule has 0 amide bonds. The minimum atomic E-state index is 0.795. The molecule has 2 aromatic rings. The lowest BCUT2D eigenvalue weighted by molar-refractivity contribution is 0.244. The van der Waals surface area contributed by atoms with Crippen LogP contribution in [0, 0.1) is 0 Å². The Kier molecular flexibility index (Phi) is 2.82. The molecule has 0 fully saturated rings. The summed E-state index contributed by atoms with van der Waals surface area (Å²) in [6, 6.07) is 6.03. The molecule has 3 rings (SSSR count). The van der Waals surface area contributed by atoms with Crippen molar-refractivity contribution in [2.45, 2.75) is 19.5 Å². The summed E-state index contributed by atoms with van der Waals surface area (Å²) in [5.74, 6) is 0. The van der Waals surface area contributed by atoms with E-state index in [1.807, 2.05) is 23.5 Å². The molecule has 2 N–H and O–H groups in total. The second-order valence-electron chi connectivity index (χ2n) is 4.41. The van der Waals surface area contributed by atoms with Gasteiger partial charge in [0.2, 0.25) is 0 Å². The first-order valence-corrected chi connectivity index (χ1v) is 6.67. The summed E-state index contributed by atoms with van der Waals surface area (Å²) in [5, 5.41) is 2.19. The Morgan fingerprint density at radius 2 is 2.35 bits per heavy atom. The van der Waals surface area contributed by atoms with Crippen LogP contribution in [-0.4, -0.2) is 16.4 Å². The van der Waals surface area contributed by atoms with Crippen molar-refractivity contribution >= 4 is 17.0 Å². The maximum atomic E-state index is 5.77. The van der Waals surface area contributed by atoms with Crippen molar-refractivity contribution in [3.63, 3.8) is 0 Å². The first-order chi connectivity index (χ1) is 8.31. The average molecular weight is 245 g/mol. The maximum absolute atomic E-state index is 5.77. The van der Waals surface area contributed by atoms with Crippen LogP contribution in [0.5, 0.6) is 0 Å². The highest BCUT2D eigenvalue weighted by Gasteiger charge is 2.17. The van der Waals surface area contributed by atoms with E-state index in [1.165, 1.54) is 5.56 Å². The average Bonchev–Trinajstić information content (AvgIpc) is 2.76. The molecule has 0 radical (unpaired) electrons. The summed E-state index contributed by atoms with van der Waals surface area (Å²) >= 11 is 1.87. The topological polar surface area (TPSA) is 42.1 Å². The van der Waals surface area contributed by atoms with Crippen LogP contribution in [-0.2, 0) is 19.5 Å². The van der Waals surface area contributed by atoms with Crippen molar-refractivity contribution in [2.75, 3.05) is 12.3 Å². The zero-order valence-corrected chi connectivity index (χ0v) is 10.4. The number of anilines is 1. The predicted octanol–water partition coefficient (Wildman–Crippen LogP) is 2.28. The van der Waals surface area contributed by atoms with Crippen LogP contribution < -0.4 is 5.73 Å². The minimum absolute atomic E-state index is 0.795. The highest BCUT2D eigenvalue weighted by atomic mass is 32.1. The number of aromatic nitrogens is 1. The largest absolute Gasteiger partial charge is 0.399 e. The molecule has 0 saturated carbocycles. The molecule has 0 aromatic carbocycles. The molecule has 1 aliphatic heterocycles. The van der Waals surface area contributed by atoms with E-state index in [4.69, 9.17) is 5.73 Å². The van der Waals surface area contributed by atoms with Gasteiger partial charge in [0.05, 0.1) is 5.69 Å². The second-order valence-corrected chi connectivity index (χ2v) is 5.41. The van der Waals surface area contributed by atoms with Gasteiger partial charge in [0.25, 0.3) is 0 Å². The minimum Gasteiger partial charge on any atom is -0.399 e. The first-order valence-electron chi connectivity index (χ1n) is 5.79. The number of nitrogen functional groups attached to an aromatic ring is 1. The lowest BCUT2D eigenvalue weighted by Gasteiger charge is -2.26. The van der Waals surface area contributed by atoms with Crippen LogP contribution in [0.2, 0.25) is 0 Å². The standard InChI is InChI=1S/C13H15N3S/c14-11-1-4-15-12(7-11)9-16-5-2-13-10(8-16)3-6-17-13/h1,3-4,6-7H,2,5,8-9H2,(H2,14,15). The summed E-state index contributed by atoms with van der Waals surface area (Å²) in [7, 11) is 0. The van der Waals surface area contributed by atoms with Gasteiger partial charge < -0.3 is 5.73 Å². The van der Waals surface area contributed by atoms with Crippen LogP contribution in [0.1, 0.15) is 16.1 Å². The Balaban J connectivity index is 1.72. The molecule has 3 heterocycles.